The summed E-state index contributed by atoms with van der Waals surface area (Å²) in [6.07, 6.45) is 1.31. The van der Waals surface area contributed by atoms with Crippen molar-refractivity contribution in [2.75, 3.05) is 6.54 Å². The molecule has 3 rings (SSSR count). The standard InChI is InChI=1S/C19H15F2NO4S/c20-14-8-4-9-15(21)18(14)19(23)22-12-17(16-10-5-11-26-16)27(24,25)13-6-2-1-3-7-13/h1-11,17H,12H2,(H,22,23)/t17-/m1/s1. The van der Waals surface area contributed by atoms with Crippen LogP contribution >= 0.6 is 0 Å². The monoisotopic (exact) mass is 391 g/mol. The molecule has 1 atom stereocenters. The molecule has 0 aliphatic rings. The molecular weight excluding hydrogens is 376 g/mol. The molecule has 27 heavy (non-hydrogen) atoms. The average molecular weight is 391 g/mol. The van der Waals surface area contributed by atoms with Gasteiger partial charge in [0.1, 0.15) is 28.2 Å². The molecule has 5 nitrogen and oxygen atoms in total. The molecule has 140 valence electrons. The van der Waals surface area contributed by atoms with Crippen molar-refractivity contribution in [2.24, 2.45) is 0 Å². The van der Waals surface area contributed by atoms with Gasteiger partial charge in [0.25, 0.3) is 5.91 Å². The van der Waals surface area contributed by atoms with Crippen LogP contribution in [0.1, 0.15) is 21.4 Å². The second kappa shape index (κ2) is 7.71. The zero-order valence-corrected chi connectivity index (χ0v) is 14.7. The van der Waals surface area contributed by atoms with Crippen molar-refractivity contribution in [2.45, 2.75) is 10.1 Å². The molecule has 3 aromatic rings. The summed E-state index contributed by atoms with van der Waals surface area (Å²) in [7, 11) is -3.92. The maximum absolute atomic E-state index is 13.8. The number of nitrogens with one attached hydrogen (secondary N) is 1. The fourth-order valence-electron chi connectivity index (χ4n) is 2.60. The summed E-state index contributed by atoms with van der Waals surface area (Å²) in [6.45, 7) is -0.419. The minimum atomic E-state index is -3.92. The van der Waals surface area contributed by atoms with Gasteiger partial charge in [-0.1, -0.05) is 24.3 Å². The predicted octanol–water partition coefficient (Wildman–Crippen LogP) is 3.50. The molecule has 1 aromatic heterocycles. The lowest BCUT2D eigenvalue weighted by Crippen LogP contribution is -2.32. The molecule has 0 fully saturated rings. The first-order chi connectivity index (χ1) is 12.9. The van der Waals surface area contributed by atoms with Gasteiger partial charge in [0.15, 0.2) is 9.84 Å². The Bertz CT molecular complexity index is 1010. The highest BCUT2D eigenvalue weighted by Gasteiger charge is 2.32. The molecule has 8 heteroatoms. The van der Waals surface area contributed by atoms with E-state index in [4.69, 9.17) is 4.42 Å². The maximum atomic E-state index is 13.8. The van der Waals surface area contributed by atoms with Gasteiger partial charge in [0, 0.05) is 6.54 Å². The lowest BCUT2D eigenvalue weighted by Gasteiger charge is -2.17. The maximum Gasteiger partial charge on any atom is 0.257 e. The Morgan fingerprint density at radius 2 is 1.63 bits per heavy atom. The first kappa shape index (κ1) is 18.8. The molecule has 0 bridgehead atoms. The van der Waals surface area contributed by atoms with Gasteiger partial charge in [0.05, 0.1) is 11.2 Å². The molecule has 0 spiro atoms. The van der Waals surface area contributed by atoms with Crippen LogP contribution < -0.4 is 5.32 Å². The minimum Gasteiger partial charge on any atom is -0.468 e. The van der Waals surface area contributed by atoms with Gasteiger partial charge in [-0.2, -0.15) is 0 Å². The van der Waals surface area contributed by atoms with Crippen molar-refractivity contribution in [3.63, 3.8) is 0 Å². The van der Waals surface area contributed by atoms with Gasteiger partial charge in [-0.25, -0.2) is 17.2 Å². The van der Waals surface area contributed by atoms with E-state index >= 15 is 0 Å². The van der Waals surface area contributed by atoms with Crippen molar-refractivity contribution in [3.05, 3.63) is 89.9 Å². The van der Waals surface area contributed by atoms with Crippen LogP contribution in [0.5, 0.6) is 0 Å². The first-order valence-electron chi connectivity index (χ1n) is 7.96. The summed E-state index contributed by atoms with van der Waals surface area (Å²) < 4.78 is 58.6. The quantitative estimate of drug-likeness (QED) is 0.698. The Hall–Kier alpha value is -3.00. The Labute approximate surface area is 154 Å². The highest BCUT2D eigenvalue weighted by Crippen LogP contribution is 2.29. The molecule has 2 aromatic carbocycles. The van der Waals surface area contributed by atoms with Gasteiger partial charge >= 0.3 is 0 Å². The van der Waals surface area contributed by atoms with Crippen molar-refractivity contribution >= 4 is 15.7 Å². The third-order valence-electron chi connectivity index (χ3n) is 3.94. The van der Waals surface area contributed by atoms with E-state index < -0.39 is 44.7 Å². The Morgan fingerprint density at radius 1 is 0.963 bits per heavy atom. The molecule has 1 amide bonds. The number of hydrogen-bond donors (Lipinski definition) is 1. The number of halogens is 2. The highest BCUT2D eigenvalue weighted by molar-refractivity contribution is 7.91. The van der Waals surface area contributed by atoms with Gasteiger partial charge < -0.3 is 9.73 Å². The van der Waals surface area contributed by atoms with Gasteiger partial charge in [-0.3, -0.25) is 4.79 Å². The van der Waals surface area contributed by atoms with Crippen LogP contribution in [0.2, 0.25) is 0 Å². The predicted molar refractivity (Wildman–Crippen MR) is 93.8 cm³/mol. The number of furan rings is 1. The number of carbonyl (C=O) groups excluding carboxylic acids is 1. The van der Waals surface area contributed by atoms with Crippen molar-refractivity contribution < 1.29 is 26.4 Å². The van der Waals surface area contributed by atoms with Gasteiger partial charge in [-0.15, -0.1) is 0 Å². The van der Waals surface area contributed by atoms with Crippen LogP contribution in [0.15, 0.2) is 76.2 Å². The average Bonchev–Trinajstić information content (AvgIpc) is 3.16. The summed E-state index contributed by atoms with van der Waals surface area (Å²) in [5.41, 5.74) is -0.771. The molecule has 0 aliphatic carbocycles. The van der Waals surface area contributed by atoms with Crippen LogP contribution in [-0.4, -0.2) is 20.9 Å². The third kappa shape index (κ3) is 3.90. The van der Waals surface area contributed by atoms with Crippen LogP contribution in [0, 0.1) is 11.6 Å². The highest BCUT2D eigenvalue weighted by atomic mass is 32.2. The minimum absolute atomic E-state index is 0.0396. The van der Waals surface area contributed by atoms with E-state index in [0.717, 1.165) is 18.2 Å². The zero-order chi connectivity index (χ0) is 19.4. The molecule has 0 radical (unpaired) electrons. The fourth-order valence-corrected chi connectivity index (χ4v) is 4.21. The first-order valence-corrected chi connectivity index (χ1v) is 9.50. The van der Waals surface area contributed by atoms with Crippen LogP contribution in [0.4, 0.5) is 8.78 Å². The Morgan fingerprint density at radius 3 is 2.22 bits per heavy atom. The molecule has 0 unspecified atom stereocenters. The van der Waals surface area contributed by atoms with E-state index in [2.05, 4.69) is 5.32 Å². The SMILES string of the molecule is O=C(NC[C@H](c1ccco1)S(=O)(=O)c1ccccc1)c1c(F)cccc1F. The smallest absolute Gasteiger partial charge is 0.257 e. The molecule has 1 heterocycles. The van der Waals surface area contributed by atoms with E-state index in [1.165, 1.54) is 30.5 Å². The second-order valence-electron chi connectivity index (χ2n) is 5.67. The zero-order valence-electron chi connectivity index (χ0n) is 13.9. The molecule has 1 N–H and O–H groups in total. The third-order valence-corrected chi connectivity index (χ3v) is 6.02. The Balaban J connectivity index is 1.89. The number of carbonyl (C=O) groups is 1. The second-order valence-corrected chi connectivity index (χ2v) is 7.80. The van der Waals surface area contributed by atoms with E-state index in [0.29, 0.717) is 0 Å². The van der Waals surface area contributed by atoms with E-state index in [9.17, 15) is 22.0 Å². The summed E-state index contributed by atoms with van der Waals surface area (Å²) in [5.74, 6) is -3.01. The molecule has 0 aliphatic heterocycles. The van der Waals surface area contributed by atoms with E-state index in [1.54, 1.807) is 18.2 Å². The summed E-state index contributed by atoms with van der Waals surface area (Å²) in [6, 6.07) is 13.6. The van der Waals surface area contributed by atoms with E-state index in [-0.39, 0.29) is 10.7 Å². The van der Waals surface area contributed by atoms with Gasteiger partial charge in [0.2, 0.25) is 0 Å². The van der Waals surface area contributed by atoms with Crippen LogP contribution in [-0.2, 0) is 9.84 Å². The lowest BCUT2D eigenvalue weighted by atomic mass is 10.2. The fraction of sp³-hybridized carbons (Fsp3) is 0.105. The molecule has 0 saturated carbocycles. The molecular formula is C19H15F2NO4S. The van der Waals surface area contributed by atoms with Crippen LogP contribution in [0.25, 0.3) is 0 Å². The topological polar surface area (TPSA) is 76.4 Å². The summed E-state index contributed by atoms with van der Waals surface area (Å²) in [4.78, 5) is 12.2. The van der Waals surface area contributed by atoms with E-state index in [1.807, 2.05) is 0 Å². The number of sulfone groups is 1. The lowest BCUT2D eigenvalue weighted by molar-refractivity contribution is 0.0945. The van der Waals surface area contributed by atoms with Crippen LogP contribution in [0.3, 0.4) is 0 Å². The molecule has 0 saturated heterocycles. The van der Waals surface area contributed by atoms with Crippen molar-refractivity contribution in [1.29, 1.82) is 0 Å². The number of hydrogen-bond acceptors (Lipinski definition) is 4. The van der Waals surface area contributed by atoms with Crippen molar-refractivity contribution in [3.8, 4) is 0 Å². The Kier molecular flexibility index (Phi) is 5.36. The van der Waals surface area contributed by atoms with Gasteiger partial charge in [-0.05, 0) is 36.4 Å². The van der Waals surface area contributed by atoms with Crippen molar-refractivity contribution in [1.82, 2.24) is 5.32 Å². The number of amides is 1. The summed E-state index contributed by atoms with van der Waals surface area (Å²) >= 11 is 0. The number of rotatable bonds is 6. The summed E-state index contributed by atoms with van der Waals surface area (Å²) in [5, 5.41) is 1.03. The largest absolute Gasteiger partial charge is 0.468 e. The number of benzene rings is 2. The normalized spacial score (nSPS) is 12.5.